The Balaban J connectivity index is 1.49. The summed E-state index contributed by atoms with van der Waals surface area (Å²) in [5.74, 6) is 1.52. The molecule has 2 unspecified atom stereocenters. The summed E-state index contributed by atoms with van der Waals surface area (Å²) in [5, 5.41) is 12.6. The van der Waals surface area contributed by atoms with Gasteiger partial charge in [0.05, 0.1) is 18.1 Å². The van der Waals surface area contributed by atoms with Crippen molar-refractivity contribution in [1.82, 2.24) is 15.1 Å². The van der Waals surface area contributed by atoms with Crippen molar-refractivity contribution >= 4 is 17.7 Å². The summed E-state index contributed by atoms with van der Waals surface area (Å²) >= 11 is 0. The van der Waals surface area contributed by atoms with Crippen LogP contribution in [0.5, 0.6) is 0 Å². The average Bonchev–Trinajstić information content (AvgIpc) is 2.87. The fourth-order valence-electron chi connectivity index (χ4n) is 4.71. The van der Waals surface area contributed by atoms with Crippen LogP contribution in [0.15, 0.2) is 72.8 Å². The first kappa shape index (κ1) is 25.5. The summed E-state index contributed by atoms with van der Waals surface area (Å²) in [6.07, 6.45) is 0.586. The predicted octanol–water partition coefficient (Wildman–Crippen LogP) is 5.90. The standard InChI is InChI=1S/C29H37N5O2/c1-6-24-20-33(19-21(2)34(24)28(35)36-29(3,4)5)26-18-17-25(31-32-26)30-27(22-13-9-7-10-14-22)23-15-11-8-12-16-23/h7-18,21,24,27H,6,19-20H2,1-5H3,(H,30,31). The first-order valence-electron chi connectivity index (χ1n) is 12.7. The summed E-state index contributed by atoms with van der Waals surface area (Å²) in [6.45, 7) is 11.2. The van der Waals surface area contributed by atoms with Crippen LogP contribution in [0, 0.1) is 0 Å². The summed E-state index contributed by atoms with van der Waals surface area (Å²) < 4.78 is 5.68. The summed E-state index contributed by atoms with van der Waals surface area (Å²) in [6, 6.07) is 24.7. The van der Waals surface area contributed by atoms with E-state index in [0.717, 1.165) is 23.4 Å². The van der Waals surface area contributed by atoms with Crippen molar-refractivity contribution in [3.63, 3.8) is 0 Å². The Hall–Kier alpha value is -3.61. The Labute approximate surface area is 214 Å². The molecule has 0 bridgehead atoms. The number of nitrogens with one attached hydrogen (secondary N) is 1. The Morgan fingerprint density at radius 2 is 1.58 bits per heavy atom. The first-order valence-corrected chi connectivity index (χ1v) is 12.7. The van der Waals surface area contributed by atoms with Gasteiger partial charge in [0.25, 0.3) is 0 Å². The van der Waals surface area contributed by atoms with Gasteiger partial charge < -0.3 is 15.0 Å². The second kappa shape index (κ2) is 11.0. The van der Waals surface area contributed by atoms with Gasteiger partial charge in [0.1, 0.15) is 11.4 Å². The second-order valence-corrected chi connectivity index (χ2v) is 10.4. The minimum Gasteiger partial charge on any atom is -0.444 e. The quantitative estimate of drug-likeness (QED) is 0.467. The zero-order valence-corrected chi connectivity index (χ0v) is 21.9. The number of ether oxygens (including phenoxy) is 1. The van der Waals surface area contributed by atoms with Crippen LogP contribution >= 0.6 is 0 Å². The smallest absolute Gasteiger partial charge is 0.410 e. The maximum absolute atomic E-state index is 12.9. The van der Waals surface area contributed by atoms with Crippen LogP contribution in [0.25, 0.3) is 0 Å². The van der Waals surface area contributed by atoms with Crippen LogP contribution in [0.4, 0.5) is 16.4 Å². The lowest BCUT2D eigenvalue weighted by molar-refractivity contribution is 0.00285. The molecule has 7 heteroatoms. The minimum atomic E-state index is -0.516. The molecule has 2 aromatic carbocycles. The second-order valence-electron chi connectivity index (χ2n) is 10.4. The fourth-order valence-corrected chi connectivity index (χ4v) is 4.71. The van der Waals surface area contributed by atoms with Gasteiger partial charge in [-0.2, -0.15) is 0 Å². The van der Waals surface area contributed by atoms with Gasteiger partial charge in [-0.3, -0.25) is 4.90 Å². The lowest BCUT2D eigenvalue weighted by Gasteiger charge is -2.45. The number of aromatic nitrogens is 2. The predicted molar refractivity (Wildman–Crippen MR) is 144 cm³/mol. The van der Waals surface area contributed by atoms with Crippen molar-refractivity contribution in [2.24, 2.45) is 0 Å². The minimum absolute atomic E-state index is 0.00121. The van der Waals surface area contributed by atoms with Gasteiger partial charge >= 0.3 is 6.09 Å². The lowest BCUT2D eigenvalue weighted by atomic mass is 9.99. The SMILES string of the molecule is CCC1CN(c2ccc(NC(c3ccccc3)c3ccccc3)nn2)CC(C)N1C(=O)OC(C)(C)C. The number of amides is 1. The largest absolute Gasteiger partial charge is 0.444 e. The molecule has 190 valence electrons. The average molecular weight is 488 g/mol. The van der Waals surface area contributed by atoms with Crippen molar-refractivity contribution in [3.8, 4) is 0 Å². The third kappa shape index (κ3) is 6.14. The first-order chi connectivity index (χ1) is 17.2. The van der Waals surface area contributed by atoms with E-state index >= 15 is 0 Å². The molecular weight excluding hydrogens is 450 g/mol. The van der Waals surface area contributed by atoms with Crippen molar-refractivity contribution < 1.29 is 9.53 Å². The van der Waals surface area contributed by atoms with E-state index < -0.39 is 5.60 Å². The maximum Gasteiger partial charge on any atom is 0.410 e. The molecule has 0 saturated carbocycles. The number of rotatable bonds is 6. The summed E-state index contributed by atoms with van der Waals surface area (Å²) in [7, 11) is 0. The molecule has 1 aliphatic rings. The molecule has 2 heterocycles. The zero-order valence-electron chi connectivity index (χ0n) is 21.9. The highest BCUT2D eigenvalue weighted by atomic mass is 16.6. The maximum atomic E-state index is 12.9. The van der Waals surface area contributed by atoms with Gasteiger partial charge in [-0.1, -0.05) is 67.6 Å². The van der Waals surface area contributed by atoms with E-state index in [9.17, 15) is 4.79 Å². The van der Waals surface area contributed by atoms with Crippen LogP contribution in [-0.2, 0) is 4.74 Å². The van der Waals surface area contributed by atoms with Crippen molar-refractivity contribution in [2.45, 2.75) is 64.8 Å². The molecule has 3 aromatic rings. The van der Waals surface area contributed by atoms with E-state index in [1.54, 1.807) is 0 Å². The van der Waals surface area contributed by atoms with E-state index in [4.69, 9.17) is 4.74 Å². The number of hydrogen-bond acceptors (Lipinski definition) is 6. The molecule has 7 nitrogen and oxygen atoms in total. The number of nitrogens with zero attached hydrogens (tertiary/aromatic N) is 4. The molecule has 2 atom stereocenters. The van der Waals surface area contributed by atoms with Crippen LogP contribution in [0.3, 0.4) is 0 Å². The number of hydrogen-bond donors (Lipinski definition) is 1. The molecule has 1 N–H and O–H groups in total. The number of carbonyl (C=O) groups excluding carboxylic acids is 1. The monoisotopic (exact) mass is 487 g/mol. The molecule has 1 fully saturated rings. The van der Waals surface area contributed by atoms with Crippen molar-refractivity contribution in [3.05, 3.63) is 83.9 Å². The van der Waals surface area contributed by atoms with Crippen LogP contribution < -0.4 is 10.2 Å². The topological polar surface area (TPSA) is 70.6 Å². The molecule has 1 saturated heterocycles. The normalized spacial score (nSPS) is 18.3. The molecule has 36 heavy (non-hydrogen) atoms. The van der Waals surface area contributed by atoms with Gasteiger partial charge in [-0.15, -0.1) is 10.2 Å². The molecular formula is C29H37N5O2. The van der Waals surface area contributed by atoms with E-state index in [1.807, 2.05) is 74.2 Å². The van der Waals surface area contributed by atoms with Gasteiger partial charge in [-0.25, -0.2) is 4.79 Å². The lowest BCUT2D eigenvalue weighted by Crippen LogP contribution is -2.60. The highest BCUT2D eigenvalue weighted by molar-refractivity contribution is 5.69. The van der Waals surface area contributed by atoms with Crippen LogP contribution in [-0.4, -0.2) is 52.0 Å². The van der Waals surface area contributed by atoms with E-state index in [2.05, 4.69) is 58.5 Å². The zero-order chi connectivity index (χ0) is 25.7. The molecule has 0 radical (unpaired) electrons. The van der Waals surface area contributed by atoms with E-state index in [1.165, 1.54) is 0 Å². The Morgan fingerprint density at radius 1 is 0.972 bits per heavy atom. The van der Waals surface area contributed by atoms with Crippen LogP contribution in [0.2, 0.25) is 0 Å². The Morgan fingerprint density at radius 3 is 2.08 bits per heavy atom. The number of benzene rings is 2. The Kier molecular flexibility index (Phi) is 7.77. The Bertz CT molecular complexity index is 1080. The van der Waals surface area contributed by atoms with Crippen molar-refractivity contribution in [1.29, 1.82) is 0 Å². The fraction of sp³-hybridized carbons (Fsp3) is 0.414. The highest BCUT2D eigenvalue weighted by Crippen LogP contribution is 2.28. The van der Waals surface area contributed by atoms with Gasteiger partial charge in [0.15, 0.2) is 5.82 Å². The molecule has 1 aromatic heterocycles. The summed E-state index contributed by atoms with van der Waals surface area (Å²) in [5.41, 5.74) is 1.80. The van der Waals surface area contributed by atoms with Gasteiger partial charge in [0, 0.05) is 13.1 Å². The van der Waals surface area contributed by atoms with Gasteiger partial charge in [0.2, 0.25) is 0 Å². The molecule has 0 aliphatic carbocycles. The number of anilines is 2. The van der Waals surface area contributed by atoms with Crippen molar-refractivity contribution in [2.75, 3.05) is 23.3 Å². The molecule has 1 aliphatic heterocycles. The molecule has 4 rings (SSSR count). The molecule has 1 amide bonds. The number of carbonyl (C=O) groups is 1. The highest BCUT2D eigenvalue weighted by Gasteiger charge is 2.37. The number of piperazine rings is 1. The van der Waals surface area contributed by atoms with Crippen LogP contribution in [0.1, 0.15) is 58.2 Å². The third-order valence-corrected chi connectivity index (χ3v) is 6.39. The summed E-state index contributed by atoms with van der Waals surface area (Å²) in [4.78, 5) is 17.0. The van der Waals surface area contributed by atoms with E-state index in [-0.39, 0.29) is 24.2 Å². The van der Waals surface area contributed by atoms with E-state index in [0.29, 0.717) is 18.9 Å². The van der Waals surface area contributed by atoms with Gasteiger partial charge in [-0.05, 0) is 57.4 Å². The molecule has 0 spiro atoms. The third-order valence-electron chi connectivity index (χ3n) is 6.39.